The van der Waals surface area contributed by atoms with Crippen LogP contribution in [0.5, 0.6) is 5.75 Å². The summed E-state index contributed by atoms with van der Waals surface area (Å²) < 4.78 is 32.3. The van der Waals surface area contributed by atoms with E-state index in [4.69, 9.17) is 4.74 Å². The molecule has 164 valence electrons. The SMILES string of the molecule is CCC(=O)c1ccc(OC[C@@H](O)CN2C(=O)N[C@](C)(c3ccc(F)c(F)c3)C2=O)cc1. The molecule has 1 aliphatic heterocycles. The van der Waals surface area contributed by atoms with Crippen molar-refractivity contribution >= 4 is 17.7 Å². The van der Waals surface area contributed by atoms with Gasteiger partial charge in [-0.05, 0) is 48.9 Å². The van der Waals surface area contributed by atoms with Gasteiger partial charge in [0.05, 0.1) is 6.54 Å². The summed E-state index contributed by atoms with van der Waals surface area (Å²) in [6.45, 7) is 2.58. The minimum atomic E-state index is -1.59. The maximum Gasteiger partial charge on any atom is 0.325 e. The zero-order chi connectivity index (χ0) is 22.8. The molecule has 0 aromatic heterocycles. The van der Waals surface area contributed by atoms with Crippen molar-refractivity contribution in [1.29, 1.82) is 0 Å². The number of carbonyl (C=O) groups is 3. The second kappa shape index (κ2) is 8.81. The third-order valence-corrected chi connectivity index (χ3v) is 5.11. The molecule has 1 heterocycles. The number of urea groups is 1. The number of aliphatic hydroxyl groups excluding tert-OH is 1. The second-order valence-corrected chi connectivity index (χ2v) is 7.37. The summed E-state index contributed by atoms with van der Waals surface area (Å²) >= 11 is 0. The van der Waals surface area contributed by atoms with E-state index in [0.29, 0.717) is 17.7 Å². The van der Waals surface area contributed by atoms with Crippen LogP contribution in [-0.2, 0) is 10.3 Å². The number of ether oxygens (including phenoxy) is 1. The van der Waals surface area contributed by atoms with Gasteiger partial charge in [-0.1, -0.05) is 13.0 Å². The number of imide groups is 1. The van der Waals surface area contributed by atoms with Gasteiger partial charge in [0.1, 0.15) is 24.0 Å². The molecule has 0 spiro atoms. The zero-order valence-electron chi connectivity index (χ0n) is 17.0. The molecule has 2 N–H and O–H groups in total. The maximum absolute atomic E-state index is 13.6. The topological polar surface area (TPSA) is 95.9 Å². The second-order valence-electron chi connectivity index (χ2n) is 7.37. The first-order valence-electron chi connectivity index (χ1n) is 9.69. The van der Waals surface area contributed by atoms with Crippen molar-refractivity contribution < 1.29 is 33.0 Å². The average molecular weight is 432 g/mol. The average Bonchev–Trinajstić information content (AvgIpc) is 2.97. The third-order valence-electron chi connectivity index (χ3n) is 5.11. The van der Waals surface area contributed by atoms with Crippen LogP contribution in [0.1, 0.15) is 36.2 Å². The lowest BCUT2D eigenvalue weighted by atomic mass is 9.92. The predicted molar refractivity (Wildman–Crippen MR) is 107 cm³/mol. The van der Waals surface area contributed by atoms with E-state index in [1.165, 1.54) is 13.0 Å². The molecule has 0 saturated carbocycles. The van der Waals surface area contributed by atoms with E-state index in [2.05, 4.69) is 5.32 Å². The fraction of sp³-hybridized carbons (Fsp3) is 0.318. The van der Waals surface area contributed by atoms with Crippen LogP contribution in [0.25, 0.3) is 0 Å². The predicted octanol–water partition coefficient (Wildman–Crippen LogP) is 2.76. The molecule has 2 aromatic carbocycles. The number of Topliss-reactive ketones (excluding diaryl/α,β-unsaturated/α-hetero) is 1. The number of hydrogen-bond acceptors (Lipinski definition) is 5. The molecule has 0 radical (unpaired) electrons. The molecule has 2 aromatic rings. The van der Waals surface area contributed by atoms with Crippen LogP contribution in [0.3, 0.4) is 0 Å². The van der Waals surface area contributed by atoms with Gasteiger partial charge in [-0.25, -0.2) is 13.6 Å². The van der Waals surface area contributed by atoms with E-state index in [9.17, 15) is 28.3 Å². The maximum atomic E-state index is 13.6. The van der Waals surface area contributed by atoms with Crippen molar-refractivity contribution in [1.82, 2.24) is 10.2 Å². The first-order chi connectivity index (χ1) is 14.7. The van der Waals surface area contributed by atoms with Crippen LogP contribution in [-0.4, -0.2) is 47.0 Å². The number of aliphatic hydroxyl groups is 1. The normalized spacial score (nSPS) is 19.3. The van der Waals surface area contributed by atoms with Crippen LogP contribution in [0, 0.1) is 11.6 Å². The highest BCUT2D eigenvalue weighted by molar-refractivity contribution is 6.07. The summed E-state index contributed by atoms with van der Waals surface area (Å²) in [4.78, 5) is 37.6. The van der Waals surface area contributed by atoms with Gasteiger partial charge in [-0.2, -0.15) is 0 Å². The molecule has 0 unspecified atom stereocenters. The van der Waals surface area contributed by atoms with E-state index in [-0.39, 0.29) is 24.5 Å². The van der Waals surface area contributed by atoms with Crippen molar-refractivity contribution in [2.75, 3.05) is 13.2 Å². The Bertz CT molecular complexity index is 1010. The Morgan fingerprint density at radius 2 is 1.84 bits per heavy atom. The number of benzene rings is 2. The Labute approximate surface area is 177 Å². The molecule has 0 bridgehead atoms. The quantitative estimate of drug-likeness (QED) is 0.494. The largest absolute Gasteiger partial charge is 0.491 e. The summed E-state index contributed by atoms with van der Waals surface area (Å²) in [5.74, 6) is -2.50. The van der Waals surface area contributed by atoms with Gasteiger partial charge >= 0.3 is 6.03 Å². The van der Waals surface area contributed by atoms with Crippen molar-refractivity contribution in [3.05, 3.63) is 65.2 Å². The van der Waals surface area contributed by atoms with Crippen molar-refractivity contribution in [3.63, 3.8) is 0 Å². The molecule has 2 atom stereocenters. The van der Waals surface area contributed by atoms with Gasteiger partial charge < -0.3 is 15.2 Å². The first kappa shape index (κ1) is 22.4. The summed E-state index contributed by atoms with van der Waals surface area (Å²) in [7, 11) is 0. The Kier molecular flexibility index (Phi) is 6.35. The van der Waals surface area contributed by atoms with Crippen LogP contribution in [0.2, 0.25) is 0 Å². The Morgan fingerprint density at radius 3 is 2.45 bits per heavy atom. The van der Waals surface area contributed by atoms with Crippen LogP contribution < -0.4 is 10.1 Å². The van der Waals surface area contributed by atoms with Gasteiger partial charge in [-0.3, -0.25) is 14.5 Å². The van der Waals surface area contributed by atoms with E-state index < -0.39 is 35.2 Å². The smallest absolute Gasteiger partial charge is 0.325 e. The lowest BCUT2D eigenvalue weighted by molar-refractivity contribution is -0.132. The fourth-order valence-electron chi connectivity index (χ4n) is 3.26. The molecule has 1 saturated heterocycles. The van der Waals surface area contributed by atoms with Gasteiger partial charge in [0.25, 0.3) is 5.91 Å². The molecule has 3 amide bonds. The molecule has 31 heavy (non-hydrogen) atoms. The van der Waals surface area contributed by atoms with E-state index in [1.807, 2.05) is 0 Å². The molecule has 7 nitrogen and oxygen atoms in total. The first-order valence-corrected chi connectivity index (χ1v) is 9.69. The number of β-amino-alcohol motifs (C(OH)–C–C–N with tert-alkyl or cyclic N) is 1. The monoisotopic (exact) mass is 432 g/mol. The Hall–Kier alpha value is -3.33. The van der Waals surface area contributed by atoms with Gasteiger partial charge in [0.15, 0.2) is 17.4 Å². The van der Waals surface area contributed by atoms with Gasteiger partial charge in [-0.15, -0.1) is 0 Å². The minimum Gasteiger partial charge on any atom is -0.491 e. The van der Waals surface area contributed by atoms with Crippen LogP contribution >= 0.6 is 0 Å². The Balaban J connectivity index is 1.62. The lowest BCUT2D eigenvalue weighted by Crippen LogP contribution is -2.42. The Morgan fingerprint density at radius 1 is 1.16 bits per heavy atom. The molecule has 0 aliphatic carbocycles. The van der Waals surface area contributed by atoms with E-state index >= 15 is 0 Å². The molecule has 1 fully saturated rings. The number of nitrogens with one attached hydrogen (secondary N) is 1. The standard InChI is InChI=1S/C22H22F2N2O5/c1-3-19(28)13-4-7-16(8-5-13)31-12-15(27)11-26-20(29)22(2,25-21(26)30)14-6-9-17(23)18(24)10-14/h4-10,15,27H,3,11-12H2,1-2H3,(H,25,30)/t15-,22+/m0/s1. The number of nitrogens with zero attached hydrogens (tertiary/aromatic N) is 1. The van der Waals surface area contributed by atoms with E-state index in [0.717, 1.165) is 17.0 Å². The molecular formula is C22H22F2N2O5. The van der Waals surface area contributed by atoms with E-state index in [1.54, 1.807) is 31.2 Å². The highest BCUT2D eigenvalue weighted by Gasteiger charge is 2.49. The van der Waals surface area contributed by atoms with Crippen molar-refractivity contribution in [3.8, 4) is 5.75 Å². The summed E-state index contributed by atoms with van der Waals surface area (Å²) in [5, 5.41) is 12.7. The fourth-order valence-corrected chi connectivity index (χ4v) is 3.26. The number of rotatable bonds is 8. The number of ketones is 1. The number of hydrogen-bond donors (Lipinski definition) is 2. The minimum absolute atomic E-state index is 0.00534. The highest BCUT2D eigenvalue weighted by atomic mass is 19.2. The molecule has 9 heteroatoms. The molecule has 1 aliphatic rings. The third kappa shape index (κ3) is 4.56. The summed E-state index contributed by atoms with van der Waals surface area (Å²) in [5.41, 5.74) is -0.959. The number of carbonyl (C=O) groups excluding carboxylic acids is 3. The van der Waals surface area contributed by atoms with Crippen molar-refractivity contribution in [2.24, 2.45) is 0 Å². The highest BCUT2D eigenvalue weighted by Crippen LogP contribution is 2.30. The number of amides is 3. The van der Waals surface area contributed by atoms with Crippen LogP contribution in [0.15, 0.2) is 42.5 Å². The number of halogens is 2. The zero-order valence-corrected chi connectivity index (χ0v) is 17.0. The van der Waals surface area contributed by atoms with Gasteiger partial charge in [0.2, 0.25) is 0 Å². The summed E-state index contributed by atoms with van der Waals surface area (Å²) in [6, 6.07) is 8.57. The molecule has 3 rings (SSSR count). The van der Waals surface area contributed by atoms with Gasteiger partial charge in [0, 0.05) is 12.0 Å². The van der Waals surface area contributed by atoms with Crippen LogP contribution in [0.4, 0.5) is 13.6 Å². The lowest BCUT2D eigenvalue weighted by Gasteiger charge is -2.23. The summed E-state index contributed by atoms with van der Waals surface area (Å²) in [6.07, 6.45) is -0.812. The molecular weight excluding hydrogens is 410 g/mol. The van der Waals surface area contributed by atoms with Crippen molar-refractivity contribution in [2.45, 2.75) is 31.9 Å².